The lowest BCUT2D eigenvalue weighted by molar-refractivity contribution is 0.0602. The van der Waals surface area contributed by atoms with Gasteiger partial charge in [0.1, 0.15) is 5.75 Å². The van der Waals surface area contributed by atoms with Gasteiger partial charge in [0.15, 0.2) is 0 Å². The van der Waals surface area contributed by atoms with Crippen molar-refractivity contribution in [2.75, 3.05) is 14.2 Å². The Morgan fingerprint density at radius 2 is 1.97 bits per heavy atom. The standard InChI is InChI=1S/C24H24N2O3/c1-28-18-12-16(14-25)11-17(13-18)15-26-22-10-5-3-4-7-19(22)20-8-6-9-21(23(20)26)24(27)29-2/h6,8-9,11-13H,3-5,7,10,15H2,1-2H3. The third-order valence-corrected chi connectivity index (χ3v) is 5.72. The predicted octanol–water partition coefficient (Wildman–Crippen LogP) is 4.63. The van der Waals surface area contributed by atoms with Crippen LogP contribution >= 0.6 is 0 Å². The predicted molar refractivity (Wildman–Crippen MR) is 111 cm³/mol. The molecule has 0 saturated heterocycles. The summed E-state index contributed by atoms with van der Waals surface area (Å²) in [6, 6.07) is 13.7. The number of aryl methyl sites for hydroxylation is 1. The monoisotopic (exact) mass is 388 g/mol. The molecule has 0 unspecified atom stereocenters. The molecule has 0 bridgehead atoms. The third-order valence-electron chi connectivity index (χ3n) is 5.72. The maximum absolute atomic E-state index is 12.5. The molecular formula is C24H24N2O3. The Morgan fingerprint density at radius 1 is 1.14 bits per heavy atom. The summed E-state index contributed by atoms with van der Waals surface area (Å²) in [7, 11) is 3.02. The molecule has 1 aliphatic rings. The summed E-state index contributed by atoms with van der Waals surface area (Å²) in [5.74, 6) is 0.336. The van der Waals surface area contributed by atoms with E-state index < -0.39 is 0 Å². The van der Waals surface area contributed by atoms with Gasteiger partial charge in [-0.1, -0.05) is 18.6 Å². The Balaban J connectivity index is 1.94. The van der Waals surface area contributed by atoms with Gasteiger partial charge in [-0.2, -0.15) is 5.26 Å². The van der Waals surface area contributed by atoms with E-state index in [9.17, 15) is 10.1 Å². The Morgan fingerprint density at radius 3 is 2.72 bits per heavy atom. The van der Waals surface area contributed by atoms with Gasteiger partial charge in [0.25, 0.3) is 0 Å². The van der Waals surface area contributed by atoms with Crippen LogP contribution in [-0.2, 0) is 24.1 Å². The maximum Gasteiger partial charge on any atom is 0.340 e. The Labute approximate surface area is 170 Å². The van der Waals surface area contributed by atoms with Crippen LogP contribution in [0.1, 0.15) is 52.0 Å². The van der Waals surface area contributed by atoms with Gasteiger partial charge in [-0.25, -0.2) is 4.79 Å². The van der Waals surface area contributed by atoms with Crippen LogP contribution in [0, 0.1) is 11.3 Å². The molecule has 5 heteroatoms. The zero-order chi connectivity index (χ0) is 20.4. The molecule has 0 N–H and O–H groups in total. The molecule has 5 nitrogen and oxygen atoms in total. The minimum atomic E-state index is -0.326. The Kier molecular flexibility index (Phi) is 5.26. The van der Waals surface area contributed by atoms with Gasteiger partial charge in [0.05, 0.1) is 36.9 Å². The van der Waals surface area contributed by atoms with Gasteiger partial charge < -0.3 is 14.0 Å². The summed E-state index contributed by atoms with van der Waals surface area (Å²) in [5, 5.41) is 10.5. The number of methoxy groups -OCH3 is 2. The molecule has 1 heterocycles. The SMILES string of the molecule is COC(=O)c1cccc2c3c(n(Cc4cc(C#N)cc(OC)c4)c12)CCCCC3. The zero-order valence-electron chi connectivity index (χ0n) is 16.8. The summed E-state index contributed by atoms with van der Waals surface area (Å²) in [6.07, 6.45) is 5.51. The fourth-order valence-electron chi connectivity index (χ4n) is 4.43. The largest absolute Gasteiger partial charge is 0.497 e. The van der Waals surface area contributed by atoms with Crippen molar-refractivity contribution >= 4 is 16.9 Å². The highest BCUT2D eigenvalue weighted by atomic mass is 16.5. The number of fused-ring (bicyclic) bond motifs is 3. The highest BCUT2D eigenvalue weighted by Gasteiger charge is 2.23. The molecule has 0 radical (unpaired) electrons. The molecule has 148 valence electrons. The van der Waals surface area contributed by atoms with Crippen molar-refractivity contribution in [3.05, 3.63) is 64.3 Å². The van der Waals surface area contributed by atoms with E-state index in [0.717, 1.165) is 42.1 Å². The van der Waals surface area contributed by atoms with Crippen molar-refractivity contribution in [1.82, 2.24) is 4.57 Å². The minimum absolute atomic E-state index is 0.326. The van der Waals surface area contributed by atoms with E-state index in [4.69, 9.17) is 9.47 Å². The summed E-state index contributed by atoms with van der Waals surface area (Å²) < 4.78 is 12.7. The first-order chi connectivity index (χ1) is 14.2. The van der Waals surface area contributed by atoms with Crippen molar-refractivity contribution in [3.8, 4) is 11.8 Å². The van der Waals surface area contributed by atoms with Crippen molar-refractivity contribution in [3.63, 3.8) is 0 Å². The smallest absolute Gasteiger partial charge is 0.340 e. The fourth-order valence-corrected chi connectivity index (χ4v) is 4.43. The number of hydrogen-bond donors (Lipinski definition) is 0. The topological polar surface area (TPSA) is 64.2 Å². The summed E-state index contributed by atoms with van der Waals surface area (Å²) in [5.41, 5.74) is 5.68. The summed E-state index contributed by atoms with van der Waals surface area (Å²) >= 11 is 0. The van der Waals surface area contributed by atoms with E-state index in [-0.39, 0.29) is 5.97 Å². The second-order valence-electron chi connectivity index (χ2n) is 7.45. The molecule has 0 atom stereocenters. The van der Waals surface area contributed by atoms with Crippen LogP contribution in [-0.4, -0.2) is 24.8 Å². The molecule has 4 rings (SSSR count). The van der Waals surface area contributed by atoms with E-state index in [1.165, 1.54) is 24.8 Å². The van der Waals surface area contributed by atoms with E-state index in [0.29, 0.717) is 23.4 Å². The van der Waals surface area contributed by atoms with Crippen LogP contribution in [0.25, 0.3) is 10.9 Å². The van der Waals surface area contributed by atoms with Crippen LogP contribution in [0.3, 0.4) is 0 Å². The molecular weight excluding hydrogens is 364 g/mol. The number of carbonyl (C=O) groups excluding carboxylic acids is 1. The second-order valence-corrected chi connectivity index (χ2v) is 7.45. The van der Waals surface area contributed by atoms with E-state index >= 15 is 0 Å². The summed E-state index contributed by atoms with van der Waals surface area (Å²) in [4.78, 5) is 12.5. The maximum atomic E-state index is 12.5. The molecule has 0 aliphatic heterocycles. The first-order valence-electron chi connectivity index (χ1n) is 9.95. The van der Waals surface area contributed by atoms with Crippen molar-refractivity contribution in [2.24, 2.45) is 0 Å². The lowest BCUT2D eigenvalue weighted by Gasteiger charge is -2.14. The van der Waals surface area contributed by atoms with Crippen molar-refractivity contribution in [2.45, 2.75) is 38.6 Å². The van der Waals surface area contributed by atoms with E-state index in [1.54, 1.807) is 13.2 Å². The number of aromatic nitrogens is 1. The van der Waals surface area contributed by atoms with Gasteiger partial charge in [0.2, 0.25) is 0 Å². The van der Waals surface area contributed by atoms with E-state index in [1.807, 2.05) is 24.3 Å². The molecule has 3 aromatic rings. The molecule has 0 saturated carbocycles. The van der Waals surface area contributed by atoms with Crippen molar-refractivity contribution < 1.29 is 14.3 Å². The molecule has 0 fully saturated rings. The molecule has 2 aromatic carbocycles. The first-order valence-corrected chi connectivity index (χ1v) is 9.95. The van der Waals surface area contributed by atoms with E-state index in [2.05, 4.69) is 16.7 Å². The first kappa shape index (κ1) is 19.1. The van der Waals surface area contributed by atoms with Gasteiger partial charge >= 0.3 is 5.97 Å². The zero-order valence-corrected chi connectivity index (χ0v) is 16.8. The fraction of sp³-hybridized carbons (Fsp3) is 0.333. The number of nitriles is 1. The Bertz CT molecular complexity index is 1120. The molecule has 0 spiro atoms. The lowest BCUT2D eigenvalue weighted by Crippen LogP contribution is -2.09. The number of hydrogen-bond acceptors (Lipinski definition) is 4. The van der Waals surface area contributed by atoms with Crippen LogP contribution in [0.2, 0.25) is 0 Å². The minimum Gasteiger partial charge on any atom is -0.497 e. The lowest BCUT2D eigenvalue weighted by atomic mass is 10.0. The number of para-hydroxylation sites is 1. The average Bonchev–Trinajstić information content (AvgIpc) is 2.90. The highest BCUT2D eigenvalue weighted by molar-refractivity contribution is 6.04. The molecule has 1 aromatic heterocycles. The number of nitrogens with zero attached hydrogens (tertiary/aromatic N) is 2. The van der Waals surface area contributed by atoms with Gasteiger partial charge in [-0.05, 0) is 61.1 Å². The second kappa shape index (κ2) is 8.00. The van der Waals surface area contributed by atoms with Gasteiger partial charge in [0, 0.05) is 17.6 Å². The normalized spacial score (nSPS) is 13.4. The van der Waals surface area contributed by atoms with Gasteiger partial charge in [-0.15, -0.1) is 0 Å². The number of carbonyl (C=O) groups is 1. The van der Waals surface area contributed by atoms with Crippen LogP contribution in [0.5, 0.6) is 5.75 Å². The van der Waals surface area contributed by atoms with Gasteiger partial charge in [-0.3, -0.25) is 0 Å². The molecule has 0 amide bonds. The summed E-state index contributed by atoms with van der Waals surface area (Å²) in [6.45, 7) is 0.575. The van der Waals surface area contributed by atoms with Crippen molar-refractivity contribution in [1.29, 1.82) is 5.26 Å². The number of esters is 1. The number of rotatable bonds is 4. The van der Waals surface area contributed by atoms with Crippen LogP contribution < -0.4 is 4.74 Å². The molecule has 29 heavy (non-hydrogen) atoms. The molecule has 1 aliphatic carbocycles. The third kappa shape index (κ3) is 3.47. The quantitative estimate of drug-likeness (QED) is 0.483. The Hall–Kier alpha value is -3.26. The van der Waals surface area contributed by atoms with Crippen LogP contribution in [0.15, 0.2) is 36.4 Å². The number of ether oxygens (including phenoxy) is 2. The highest BCUT2D eigenvalue weighted by Crippen LogP contribution is 2.34. The average molecular weight is 388 g/mol. The number of benzene rings is 2. The van der Waals surface area contributed by atoms with Crippen LogP contribution in [0.4, 0.5) is 0 Å².